The first-order valence-corrected chi connectivity index (χ1v) is 7.00. The molecule has 0 spiro atoms. The van der Waals surface area contributed by atoms with Gasteiger partial charge in [0.2, 0.25) is 0 Å². The van der Waals surface area contributed by atoms with E-state index in [2.05, 4.69) is 73.6 Å². The summed E-state index contributed by atoms with van der Waals surface area (Å²) in [6, 6.07) is 19.7. The molecule has 1 nitrogen and oxygen atoms in total. The van der Waals surface area contributed by atoms with Crippen molar-refractivity contribution in [2.75, 3.05) is 20.6 Å². The highest BCUT2D eigenvalue weighted by atomic mass is 15.0. The Morgan fingerprint density at radius 2 is 1.32 bits per heavy atom. The van der Waals surface area contributed by atoms with Crippen molar-refractivity contribution in [2.45, 2.75) is 19.3 Å². The summed E-state index contributed by atoms with van der Waals surface area (Å²) in [5.41, 5.74) is 4.21. The van der Waals surface area contributed by atoms with Crippen LogP contribution in [0.2, 0.25) is 0 Å². The van der Waals surface area contributed by atoms with E-state index in [0.29, 0.717) is 0 Å². The first-order valence-electron chi connectivity index (χ1n) is 7.00. The van der Waals surface area contributed by atoms with E-state index in [1.54, 1.807) is 0 Å². The summed E-state index contributed by atoms with van der Waals surface area (Å²) in [4.78, 5) is 2.24. The number of rotatable bonds is 6. The topological polar surface area (TPSA) is 3.24 Å². The Balaban J connectivity index is 1.88. The van der Waals surface area contributed by atoms with Gasteiger partial charge in [-0.05, 0) is 56.6 Å². The normalized spacial score (nSPS) is 10.9. The molecule has 0 saturated heterocycles. The number of benzene rings is 2. The Bertz CT molecular complexity index is 471. The Labute approximate surface area is 116 Å². The van der Waals surface area contributed by atoms with Crippen LogP contribution in [0.15, 0.2) is 54.6 Å². The van der Waals surface area contributed by atoms with Crippen LogP contribution in [0.4, 0.5) is 0 Å². The lowest BCUT2D eigenvalue weighted by molar-refractivity contribution is 0.400. The Hall–Kier alpha value is -1.60. The quantitative estimate of drug-likeness (QED) is 0.757. The molecule has 0 unspecified atom stereocenters. The molecule has 0 radical (unpaired) electrons. The highest BCUT2D eigenvalue weighted by Gasteiger charge is 1.98. The van der Waals surface area contributed by atoms with E-state index in [9.17, 15) is 0 Å². The monoisotopic (exact) mass is 253 g/mol. The number of hydrogen-bond donors (Lipinski definition) is 0. The second kappa shape index (κ2) is 7.10. The molecule has 0 aliphatic carbocycles. The summed E-state index contributed by atoms with van der Waals surface area (Å²) in [5, 5.41) is 0. The predicted molar refractivity (Wildman–Crippen MR) is 82.6 cm³/mol. The van der Waals surface area contributed by atoms with Crippen LogP contribution in [0.5, 0.6) is 0 Å². The standard InChI is InChI=1S/C18H23N/c1-19(2)14-6-9-16-10-12-18(13-11-16)15-17-7-4-3-5-8-17/h3-5,7-8,10-13H,6,9,14-15H2,1-2H3. The summed E-state index contributed by atoms with van der Waals surface area (Å²) in [6.45, 7) is 1.16. The van der Waals surface area contributed by atoms with Crippen LogP contribution < -0.4 is 0 Å². The highest BCUT2D eigenvalue weighted by Crippen LogP contribution is 2.11. The predicted octanol–water partition coefficient (Wildman–Crippen LogP) is 3.77. The van der Waals surface area contributed by atoms with Crippen molar-refractivity contribution in [1.82, 2.24) is 4.90 Å². The molecule has 2 aromatic carbocycles. The molecular weight excluding hydrogens is 230 g/mol. The molecule has 0 aliphatic heterocycles. The van der Waals surface area contributed by atoms with Crippen LogP contribution in [-0.2, 0) is 12.8 Å². The zero-order valence-corrected chi connectivity index (χ0v) is 12.0. The van der Waals surface area contributed by atoms with Crippen LogP contribution in [0.3, 0.4) is 0 Å². The van der Waals surface area contributed by atoms with Gasteiger partial charge in [0.25, 0.3) is 0 Å². The van der Waals surface area contributed by atoms with E-state index in [1.807, 2.05) is 0 Å². The molecule has 0 aromatic heterocycles. The zero-order chi connectivity index (χ0) is 13.5. The molecule has 19 heavy (non-hydrogen) atoms. The molecule has 0 aliphatic rings. The van der Waals surface area contributed by atoms with Crippen LogP contribution >= 0.6 is 0 Å². The lowest BCUT2D eigenvalue weighted by atomic mass is 10.0. The third-order valence-electron chi connectivity index (χ3n) is 3.34. The average Bonchev–Trinajstić information content (AvgIpc) is 2.42. The van der Waals surface area contributed by atoms with Gasteiger partial charge in [-0.3, -0.25) is 0 Å². The molecule has 0 amide bonds. The van der Waals surface area contributed by atoms with Gasteiger partial charge in [-0.2, -0.15) is 0 Å². The summed E-state index contributed by atoms with van der Waals surface area (Å²) in [7, 11) is 4.26. The molecule has 0 heterocycles. The minimum absolute atomic E-state index is 1.03. The summed E-state index contributed by atoms with van der Waals surface area (Å²) in [5.74, 6) is 0. The van der Waals surface area contributed by atoms with Crippen molar-refractivity contribution in [3.63, 3.8) is 0 Å². The van der Waals surface area contributed by atoms with Gasteiger partial charge in [-0.25, -0.2) is 0 Å². The first-order chi connectivity index (χ1) is 9.24. The van der Waals surface area contributed by atoms with Gasteiger partial charge in [-0.15, -0.1) is 0 Å². The van der Waals surface area contributed by atoms with Crippen molar-refractivity contribution >= 4 is 0 Å². The zero-order valence-electron chi connectivity index (χ0n) is 12.0. The minimum atomic E-state index is 1.03. The van der Waals surface area contributed by atoms with Crippen LogP contribution in [0.25, 0.3) is 0 Å². The summed E-state index contributed by atoms with van der Waals surface area (Å²) < 4.78 is 0. The van der Waals surface area contributed by atoms with E-state index in [-0.39, 0.29) is 0 Å². The molecule has 100 valence electrons. The smallest absolute Gasteiger partial charge is 0.00217 e. The second-order valence-corrected chi connectivity index (χ2v) is 5.39. The second-order valence-electron chi connectivity index (χ2n) is 5.39. The van der Waals surface area contributed by atoms with Crippen molar-refractivity contribution < 1.29 is 0 Å². The van der Waals surface area contributed by atoms with Crippen molar-refractivity contribution in [3.8, 4) is 0 Å². The van der Waals surface area contributed by atoms with Gasteiger partial charge in [-0.1, -0.05) is 54.6 Å². The lowest BCUT2D eigenvalue weighted by Crippen LogP contribution is -2.13. The number of hydrogen-bond acceptors (Lipinski definition) is 1. The fourth-order valence-corrected chi connectivity index (χ4v) is 2.25. The highest BCUT2D eigenvalue weighted by molar-refractivity contribution is 5.28. The maximum atomic E-state index is 2.27. The van der Waals surface area contributed by atoms with Crippen LogP contribution in [0.1, 0.15) is 23.1 Å². The SMILES string of the molecule is CN(C)CCCc1ccc(Cc2ccccc2)cc1. The van der Waals surface area contributed by atoms with E-state index in [4.69, 9.17) is 0 Å². The van der Waals surface area contributed by atoms with Gasteiger partial charge in [0.1, 0.15) is 0 Å². The fourth-order valence-electron chi connectivity index (χ4n) is 2.25. The van der Waals surface area contributed by atoms with E-state index < -0.39 is 0 Å². The molecule has 0 saturated carbocycles. The largest absolute Gasteiger partial charge is 0.309 e. The maximum Gasteiger partial charge on any atom is -0.00217 e. The molecular formula is C18H23N. The molecule has 0 atom stereocenters. The molecule has 1 heteroatoms. The van der Waals surface area contributed by atoms with E-state index >= 15 is 0 Å². The Kier molecular flexibility index (Phi) is 5.17. The third-order valence-corrected chi connectivity index (χ3v) is 3.34. The van der Waals surface area contributed by atoms with Crippen LogP contribution in [0, 0.1) is 0 Å². The molecule has 2 aromatic rings. The van der Waals surface area contributed by atoms with Gasteiger partial charge in [0.15, 0.2) is 0 Å². The lowest BCUT2D eigenvalue weighted by Gasteiger charge is -2.09. The molecule has 0 fully saturated rings. The number of aryl methyl sites for hydroxylation is 1. The van der Waals surface area contributed by atoms with Gasteiger partial charge < -0.3 is 4.90 Å². The van der Waals surface area contributed by atoms with Crippen molar-refractivity contribution in [2.24, 2.45) is 0 Å². The number of nitrogens with zero attached hydrogens (tertiary/aromatic N) is 1. The van der Waals surface area contributed by atoms with E-state index in [0.717, 1.165) is 13.0 Å². The van der Waals surface area contributed by atoms with Crippen molar-refractivity contribution in [3.05, 3.63) is 71.3 Å². The first kappa shape index (κ1) is 13.8. The Morgan fingerprint density at radius 1 is 0.737 bits per heavy atom. The molecule has 0 N–H and O–H groups in total. The van der Waals surface area contributed by atoms with Gasteiger partial charge in [0.05, 0.1) is 0 Å². The average molecular weight is 253 g/mol. The van der Waals surface area contributed by atoms with Crippen molar-refractivity contribution in [1.29, 1.82) is 0 Å². The minimum Gasteiger partial charge on any atom is -0.309 e. The molecule has 2 rings (SSSR count). The van der Waals surface area contributed by atoms with Gasteiger partial charge >= 0.3 is 0 Å². The third kappa shape index (κ3) is 4.88. The summed E-state index contributed by atoms with van der Waals surface area (Å²) in [6.07, 6.45) is 3.42. The Morgan fingerprint density at radius 3 is 1.95 bits per heavy atom. The summed E-state index contributed by atoms with van der Waals surface area (Å²) >= 11 is 0. The van der Waals surface area contributed by atoms with Gasteiger partial charge in [0, 0.05) is 0 Å². The maximum absolute atomic E-state index is 2.27. The van der Waals surface area contributed by atoms with E-state index in [1.165, 1.54) is 29.5 Å². The van der Waals surface area contributed by atoms with Crippen LogP contribution in [-0.4, -0.2) is 25.5 Å². The fraction of sp³-hybridized carbons (Fsp3) is 0.333. The molecule has 0 bridgehead atoms.